The van der Waals surface area contributed by atoms with E-state index in [9.17, 15) is 9.59 Å². The number of hydrogen-bond donors (Lipinski definition) is 3. The van der Waals surface area contributed by atoms with E-state index in [1.54, 1.807) is 48.5 Å². The number of unbranched alkanes of at least 4 members (excludes halogenated alkanes) is 3. The molecular formula is C24H31N3O3S. The van der Waals surface area contributed by atoms with E-state index in [2.05, 4.69) is 22.9 Å². The Morgan fingerprint density at radius 3 is 2.10 bits per heavy atom. The second-order valence-corrected chi connectivity index (χ2v) is 7.63. The summed E-state index contributed by atoms with van der Waals surface area (Å²) in [6.07, 6.45) is 5.90. The summed E-state index contributed by atoms with van der Waals surface area (Å²) in [7, 11) is 0. The van der Waals surface area contributed by atoms with Gasteiger partial charge >= 0.3 is 0 Å². The first-order valence-corrected chi connectivity index (χ1v) is 11.2. The second-order valence-electron chi connectivity index (χ2n) is 7.22. The smallest absolute Gasteiger partial charge is 0.257 e. The second kappa shape index (κ2) is 13.4. The van der Waals surface area contributed by atoms with E-state index in [-0.39, 0.29) is 16.9 Å². The van der Waals surface area contributed by atoms with Crippen molar-refractivity contribution < 1.29 is 14.3 Å². The number of nitrogens with one attached hydrogen (secondary N) is 3. The molecule has 6 nitrogen and oxygen atoms in total. The van der Waals surface area contributed by atoms with Gasteiger partial charge in [0, 0.05) is 23.4 Å². The molecule has 0 aliphatic rings. The zero-order valence-electron chi connectivity index (χ0n) is 18.2. The minimum atomic E-state index is -0.296. The van der Waals surface area contributed by atoms with Crippen LogP contribution in [0.1, 0.15) is 62.7 Å². The predicted octanol–water partition coefficient (Wildman–Crippen LogP) is 5.51. The third-order valence-corrected chi connectivity index (χ3v) is 4.72. The van der Waals surface area contributed by atoms with E-state index in [0.717, 1.165) is 25.0 Å². The summed E-state index contributed by atoms with van der Waals surface area (Å²) in [6.45, 7) is 4.82. The SMILES string of the molecule is CCCCCCOc1ccc(C(=O)NC(=S)Nc2ccc(NC(=O)CCC)cc2)cc1. The summed E-state index contributed by atoms with van der Waals surface area (Å²) in [5.74, 6) is 0.439. The molecule has 3 N–H and O–H groups in total. The van der Waals surface area contributed by atoms with Crippen LogP contribution >= 0.6 is 12.2 Å². The third-order valence-electron chi connectivity index (χ3n) is 4.51. The van der Waals surface area contributed by atoms with Gasteiger partial charge in [-0.1, -0.05) is 33.1 Å². The highest BCUT2D eigenvalue weighted by atomic mass is 32.1. The first kappa shape index (κ1) is 24.3. The Bertz CT molecular complexity index is 851. The molecule has 0 radical (unpaired) electrons. The number of carbonyl (C=O) groups is 2. The van der Waals surface area contributed by atoms with Crippen LogP contribution in [0.25, 0.3) is 0 Å². The van der Waals surface area contributed by atoms with Crippen LogP contribution in [0.4, 0.5) is 11.4 Å². The predicted molar refractivity (Wildman–Crippen MR) is 130 cm³/mol. The Balaban J connectivity index is 1.78. The zero-order chi connectivity index (χ0) is 22.5. The van der Waals surface area contributed by atoms with E-state index in [1.165, 1.54) is 12.8 Å². The lowest BCUT2D eigenvalue weighted by molar-refractivity contribution is -0.116. The fourth-order valence-electron chi connectivity index (χ4n) is 2.85. The van der Waals surface area contributed by atoms with Gasteiger partial charge in [0.15, 0.2) is 5.11 Å². The van der Waals surface area contributed by atoms with Crippen LogP contribution in [0, 0.1) is 0 Å². The lowest BCUT2D eigenvalue weighted by Gasteiger charge is -2.11. The summed E-state index contributed by atoms with van der Waals surface area (Å²) >= 11 is 5.23. The first-order chi connectivity index (χ1) is 15.0. The average Bonchev–Trinajstić information content (AvgIpc) is 2.75. The lowest BCUT2D eigenvalue weighted by Crippen LogP contribution is -2.34. The third kappa shape index (κ3) is 9.17. The number of amides is 2. The highest BCUT2D eigenvalue weighted by Gasteiger charge is 2.09. The molecule has 0 bridgehead atoms. The molecule has 2 aromatic rings. The molecule has 0 unspecified atom stereocenters. The van der Waals surface area contributed by atoms with Crippen LogP contribution in [-0.2, 0) is 4.79 Å². The monoisotopic (exact) mass is 441 g/mol. The van der Waals surface area contributed by atoms with Crippen molar-refractivity contribution in [2.45, 2.75) is 52.4 Å². The van der Waals surface area contributed by atoms with Gasteiger partial charge in [-0.2, -0.15) is 0 Å². The molecule has 2 amide bonds. The van der Waals surface area contributed by atoms with Gasteiger partial charge in [-0.05, 0) is 73.6 Å². The van der Waals surface area contributed by atoms with Gasteiger partial charge < -0.3 is 15.4 Å². The number of anilines is 2. The summed E-state index contributed by atoms with van der Waals surface area (Å²) in [6, 6.07) is 14.1. The van der Waals surface area contributed by atoms with Crippen LogP contribution in [0.2, 0.25) is 0 Å². The van der Waals surface area contributed by atoms with E-state index < -0.39 is 0 Å². The van der Waals surface area contributed by atoms with Gasteiger partial charge in [0.2, 0.25) is 5.91 Å². The topological polar surface area (TPSA) is 79.5 Å². The van der Waals surface area contributed by atoms with E-state index in [1.807, 2.05) is 6.92 Å². The Labute approximate surface area is 189 Å². The molecule has 0 atom stereocenters. The molecule has 0 aliphatic heterocycles. The molecule has 0 aromatic heterocycles. The van der Waals surface area contributed by atoms with Crippen LogP contribution in [-0.4, -0.2) is 23.5 Å². The van der Waals surface area contributed by atoms with Crippen molar-refractivity contribution in [2.75, 3.05) is 17.2 Å². The van der Waals surface area contributed by atoms with Gasteiger partial charge in [0.25, 0.3) is 5.91 Å². The summed E-state index contributed by atoms with van der Waals surface area (Å²) in [5, 5.41) is 8.65. The van der Waals surface area contributed by atoms with Crippen molar-refractivity contribution in [3.05, 3.63) is 54.1 Å². The first-order valence-electron chi connectivity index (χ1n) is 10.8. The Morgan fingerprint density at radius 1 is 0.839 bits per heavy atom. The van der Waals surface area contributed by atoms with Gasteiger partial charge in [-0.3, -0.25) is 14.9 Å². The number of thiocarbonyl (C=S) groups is 1. The Morgan fingerprint density at radius 2 is 1.48 bits per heavy atom. The van der Waals surface area contributed by atoms with Crippen molar-refractivity contribution in [2.24, 2.45) is 0 Å². The fourth-order valence-corrected chi connectivity index (χ4v) is 3.06. The quantitative estimate of drug-likeness (QED) is 0.316. The number of benzene rings is 2. The number of ether oxygens (including phenoxy) is 1. The normalized spacial score (nSPS) is 10.3. The Hall–Kier alpha value is -2.93. The Kier molecular flexibility index (Phi) is 10.5. The van der Waals surface area contributed by atoms with Crippen molar-refractivity contribution in [1.29, 1.82) is 0 Å². The molecule has 0 saturated carbocycles. The number of carbonyl (C=O) groups excluding carboxylic acids is 2. The molecule has 7 heteroatoms. The average molecular weight is 442 g/mol. The minimum absolute atomic E-state index is 0.0149. The molecule has 166 valence electrons. The number of rotatable bonds is 11. The highest BCUT2D eigenvalue weighted by molar-refractivity contribution is 7.80. The molecule has 31 heavy (non-hydrogen) atoms. The molecule has 0 fully saturated rings. The molecule has 0 heterocycles. The maximum atomic E-state index is 12.4. The van der Waals surface area contributed by atoms with Crippen molar-refractivity contribution in [1.82, 2.24) is 5.32 Å². The van der Waals surface area contributed by atoms with E-state index >= 15 is 0 Å². The summed E-state index contributed by atoms with van der Waals surface area (Å²) in [4.78, 5) is 24.0. The van der Waals surface area contributed by atoms with Crippen molar-refractivity contribution in [3.63, 3.8) is 0 Å². The molecule has 2 aromatic carbocycles. The van der Waals surface area contributed by atoms with Crippen LogP contribution < -0.4 is 20.7 Å². The standard InChI is InChI=1S/C24H31N3O3S/c1-3-5-6-7-17-30-21-15-9-18(10-16-21)23(29)27-24(31)26-20-13-11-19(12-14-20)25-22(28)8-4-2/h9-16H,3-8,17H2,1-2H3,(H,25,28)(H2,26,27,29,31). The highest BCUT2D eigenvalue weighted by Crippen LogP contribution is 2.15. The maximum Gasteiger partial charge on any atom is 0.257 e. The van der Waals surface area contributed by atoms with Gasteiger partial charge in [0.05, 0.1) is 6.61 Å². The largest absolute Gasteiger partial charge is 0.494 e. The maximum absolute atomic E-state index is 12.4. The molecule has 2 rings (SSSR count). The molecule has 0 saturated heterocycles. The fraction of sp³-hybridized carbons (Fsp3) is 0.375. The van der Waals surface area contributed by atoms with Gasteiger partial charge in [-0.25, -0.2) is 0 Å². The van der Waals surface area contributed by atoms with Gasteiger partial charge in [-0.15, -0.1) is 0 Å². The van der Waals surface area contributed by atoms with Crippen LogP contribution in [0.5, 0.6) is 5.75 Å². The zero-order valence-corrected chi connectivity index (χ0v) is 19.0. The molecule has 0 aliphatic carbocycles. The summed E-state index contributed by atoms with van der Waals surface area (Å²) < 4.78 is 5.70. The van der Waals surface area contributed by atoms with Crippen LogP contribution in [0.15, 0.2) is 48.5 Å². The van der Waals surface area contributed by atoms with E-state index in [0.29, 0.717) is 30.0 Å². The number of hydrogen-bond acceptors (Lipinski definition) is 4. The van der Waals surface area contributed by atoms with E-state index in [4.69, 9.17) is 17.0 Å². The minimum Gasteiger partial charge on any atom is -0.494 e. The molecular weight excluding hydrogens is 410 g/mol. The van der Waals surface area contributed by atoms with Crippen molar-refractivity contribution >= 4 is 40.5 Å². The van der Waals surface area contributed by atoms with Gasteiger partial charge in [0.1, 0.15) is 5.75 Å². The van der Waals surface area contributed by atoms with Crippen molar-refractivity contribution in [3.8, 4) is 5.75 Å². The molecule has 0 spiro atoms. The lowest BCUT2D eigenvalue weighted by atomic mass is 10.2. The summed E-state index contributed by atoms with van der Waals surface area (Å²) in [5.41, 5.74) is 1.92. The van der Waals surface area contributed by atoms with Crippen LogP contribution in [0.3, 0.4) is 0 Å².